The minimum Gasteiger partial charge on any atom is -0.494 e. The van der Waals surface area contributed by atoms with Crippen molar-refractivity contribution in [2.24, 2.45) is 4.99 Å². The van der Waals surface area contributed by atoms with Crippen molar-refractivity contribution in [3.8, 4) is 17.0 Å². The van der Waals surface area contributed by atoms with Gasteiger partial charge in [0.2, 0.25) is 10.0 Å². The number of thiazole rings is 1. The molecule has 0 unspecified atom stereocenters. The van der Waals surface area contributed by atoms with Crippen molar-refractivity contribution in [2.75, 3.05) is 20.2 Å². The second kappa shape index (κ2) is 11.1. The maximum absolute atomic E-state index is 12.7. The van der Waals surface area contributed by atoms with Crippen LogP contribution in [-0.2, 0) is 16.6 Å². The molecule has 9 heteroatoms. The van der Waals surface area contributed by atoms with Crippen molar-refractivity contribution >= 4 is 44.0 Å². The molecule has 168 valence electrons. The monoisotopic (exact) mass is 525 g/mol. The van der Waals surface area contributed by atoms with E-state index in [0.29, 0.717) is 18.0 Å². The number of rotatable bonds is 8. The molecular weight excluding hydrogens is 498 g/mol. The summed E-state index contributed by atoms with van der Waals surface area (Å²) in [5.74, 6) is 0.723. The van der Waals surface area contributed by atoms with Crippen molar-refractivity contribution in [3.05, 3.63) is 58.7 Å². The van der Waals surface area contributed by atoms with Crippen molar-refractivity contribution in [1.29, 1.82) is 0 Å². The van der Waals surface area contributed by atoms with Gasteiger partial charge in [0.05, 0.1) is 17.7 Å². The van der Waals surface area contributed by atoms with Crippen LogP contribution in [0.2, 0.25) is 0 Å². The highest BCUT2D eigenvalue weighted by Gasteiger charge is 2.21. The Labute approximate surface area is 198 Å². The first-order valence-corrected chi connectivity index (χ1v) is 12.2. The SMILES string of the molecule is Br.CCN(CC)S(=O)(=O)c1ccc(-c2csc(=Nc3ccccc3OC)n2CC)cc1. The molecule has 1 heterocycles. The van der Waals surface area contributed by atoms with Crippen LogP contribution in [0.5, 0.6) is 5.75 Å². The third-order valence-corrected chi connectivity index (χ3v) is 7.84. The highest BCUT2D eigenvalue weighted by atomic mass is 79.9. The lowest BCUT2D eigenvalue weighted by Gasteiger charge is -2.18. The summed E-state index contributed by atoms with van der Waals surface area (Å²) in [7, 11) is -1.83. The van der Waals surface area contributed by atoms with E-state index in [1.54, 1.807) is 30.6 Å². The predicted octanol–water partition coefficient (Wildman–Crippen LogP) is 5.09. The number of benzene rings is 2. The maximum atomic E-state index is 12.7. The Balaban J connectivity index is 0.00000341. The maximum Gasteiger partial charge on any atom is 0.243 e. The van der Waals surface area contributed by atoms with Crippen molar-refractivity contribution in [2.45, 2.75) is 32.2 Å². The number of sulfonamides is 1. The molecule has 3 aromatic rings. The van der Waals surface area contributed by atoms with E-state index in [1.165, 1.54) is 4.31 Å². The first-order valence-electron chi connectivity index (χ1n) is 9.92. The number of methoxy groups -OCH3 is 1. The van der Waals surface area contributed by atoms with E-state index in [4.69, 9.17) is 9.73 Å². The summed E-state index contributed by atoms with van der Waals surface area (Å²) in [5.41, 5.74) is 2.73. The number of para-hydroxylation sites is 2. The van der Waals surface area contributed by atoms with Gasteiger partial charge in [-0.15, -0.1) is 28.3 Å². The van der Waals surface area contributed by atoms with Gasteiger partial charge in [-0.25, -0.2) is 13.4 Å². The van der Waals surface area contributed by atoms with E-state index >= 15 is 0 Å². The van der Waals surface area contributed by atoms with Gasteiger partial charge in [-0.05, 0) is 36.8 Å². The summed E-state index contributed by atoms with van der Waals surface area (Å²) in [6, 6.07) is 14.7. The molecule has 2 aromatic carbocycles. The molecule has 0 fully saturated rings. The molecule has 0 bridgehead atoms. The Hall–Kier alpha value is -1.94. The van der Waals surface area contributed by atoms with E-state index < -0.39 is 10.0 Å². The van der Waals surface area contributed by atoms with Crippen LogP contribution in [-0.4, -0.2) is 37.5 Å². The summed E-state index contributed by atoms with van der Waals surface area (Å²) < 4.78 is 34.4. The highest BCUT2D eigenvalue weighted by molar-refractivity contribution is 8.93. The summed E-state index contributed by atoms with van der Waals surface area (Å²) in [4.78, 5) is 5.96. The molecule has 0 N–H and O–H groups in total. The fourth-order valence-corrected chi connectivity index (χ4v) is 5.73. The molecule has 1 aromatic heterocycles. The normalized spacial score (nSPS) is 12.1. The van der Waals surface area contributed by atoms with Gasteiger partial charge in [-0.2, -0.15) is 4.31 Å². The number of hydrogen-bond donors (Lipinski definition) is 0. The zero-order valence-electron chi connectivity index (χ0n) is 18.1. The highest BCUT2D eigenvalue weighted by Crippen LogP contribution is 2.27. The zero-order chi connectivity index (χ0) is 21.7. The topological polar surface area (TPSA) is 63.9 Å². The molecule has 6 nitrogen and oxygen atoms in total. The zero-order valence-corrected chi connectivity index (χ0v) is 21.5. The third-order valence-electron chi connectivity index (χ3n) is 4.91. The Morgan fingerprint density at radius 2 is 1.68 bits per heavy atom. The molecule has 0 aliphatic heterocycles. The van der Waals surface area contributed by atoms with Crippen molar-refractivity contribution < 1.29 is 13.2 Å². The lowest BCUT2D eigenvalue weighted by Crippen LogP contribution is -2.30. The number of hydrogen-bond acceptors (Lipinski definition) is 5. The van der Waals surface area contributed by atoms with Crippen molar-refractivity contribution in [1.82, 2.24) is 8.87 Å². The van der Waals surface area contributed by atoms with Crippen LogP contribution in [0.3, 0.4) is 0 Å². The van der Waals surface area contributed by atoms with Gasteiger partial charge >= 0.3 is 0 Å². The molecule has 0 saturated heterocycles. The van der Waals surface area contributed by atoms with Crippen LogP contribution in [0.15, 0.2) is 63.8 Å². The molecule has 0 spiro atoms. The molecule has 0 saturated carbocycles. The van der Waals surface area contributed by atoms with Crippen LogP contribution in [0.1, 0.15) is 20.8 Å². The smallest absolute Gasteiger partial charge is 0.243 e. The molecule has 0 aliphatic carbocycles. The van der Waals surface area contributed by atoms with Gasteiger partial charge in [0, 0.05) is 25.0 Å². The quantitative estimate of drug-likeness (QED) is 0.411. The first-order chi connectivity index (χ1) is 14.5. The fraction of sp³-hybridized carbons (Fsp3) is 0.318. The average Bonchev–Trinajstić information content (AvgIpc) is 3.17. The van der Waals surface area contributed by atoms with Gasteiger partial charge < -0.3 is 9.30 Å². The fourth-order valence-electron chi connectivity index (χ4n) is 3.29. The Morgan fingerprint density at radius 1 is 1.03 bits per heavy atom. The van der Waals surface area contributed by atoms with Crippen LogP contribution < -0.4 is 9.54 Å². The lowest BCUT2D eigenvalue weighted by molar-refractivity contribution is 0.416. The molecule has 31 heavy (non-hydrogen) atoms. The van der Waals surface area contributed by atoms with Gasteiger partial charge in [0.25, 0.3) is 0 Å². The molecule has 0 aliphatic rings. The molecule has 0 atom stereocenters. The van der Waals surface area contributed by atoms with Gasteiger partial charge in [0.1, 0.15) is 11.4 Å². The standard InChI is InChI=1S/C22H27N3O3S2.BrH/c1-5-24(6-2)30(26,27)18-14-12-17(13-15-18)20-16-29-22(25(20)7-3)23-19-10-8-9-11-21(19)28-4;/h8-16H,5-7H2,1-4H3;1H. The third kappa shape index (κ3) is 5.28. The van der Waals surface area contributed by atoms with E-state index in [1.807, 2.05) is 55.6 Å². The van der Waals surface area contributed by atoms with E-state index in [-0.39, 0.29) is 17.0 Å². The Bertz CT molecular complexity index is 1170. The minimum atomic E-state index is -3.46. The first kappa shape index (κ1) is 25.3. The molecule has 3 rings (SSSR count). The van der Waals surface area contributed by atoms with Crippen LogP contribution >= 0.6 is 28.3 Å². The second-order valence-corrected chi connectivity index (χ2v) is 9.32. The van der Waals surface area contributed by atoms with Gasteiger partial charge in [0.15, 0.2) is 4.80 Å². The Morgan fingerprint density at radius 3 is 2.26 bits per heavy atom. The van der Waals surface area contributed by atoms with E-state index in [9.17, 15) is 8.42 Å². The van der Waals surface area contributed by atoms with Crippen molar-refractivity contribution in [3.63, 3.8) is 0 Å². The predicted molar refractivity (Wildman–Crippen MR) is 132 cm³/mol. The van der Waals surface area contributed by atoms with Crippen LogP contribution in [0.25, 0.3) is 11.3 Å². The van der Waals surface area contributed by atoms with Gasteiger partial charge in [-0.1, -0.05) is 38.1 Å². The summed E-state index contributed by atoms with van der Waals surface area (Å²) in [5, 5.41) is 2.05. The van der Waals surface area contributed by atoms with Crippen LogP contribution in [0.4, 0.5) is 5.69 Å². The van der Waals surface area contributed by atoms with Crippen LogP contribution in [0, 0.1) is 0 Å². The number of aromatic nitrogens is 1. The summed E-state index contributed by atoms with van der Waals surface area (Å²) in [6.45, 7) is 7.40. The molecular formula is C22H28BrN3O3S2. The lowest BCUT2D eigenvalue weighted by atomic mass is 10.2. The number of halogens is 1. The summed E-state index contributed by atoms with van der Waals surface area (Å²) in [6.07, 6.45) is 0. The summed E-state index contributed by atoms with van der Waals surface area (Å²) >= 11 is 1.55. The second-order valence-electron chi connectivity index (χ2n) is 6.55. The number of ether oxygens (including phenoxy) is 1. The van der Waals surface area contributed by atoms with E-state index in [2.05, 4.69) is 11.5 Å². The van der Waals surface area contributed by atoms with Gasteiger partial charge in [-0.3, -0.25) is 0 Å². The van der Waals surface area contributed by atoms with E-state index in [0.717, 1.165) is 34.0 Å². The number of nitrogens with zero attached hydrogens (tertiary/aromatic N) is 3. The minimum absolute atomic E-state index is 0. The largest absolute Gasteiger partial charge is 0.494 e. The Kier molecular flexibility index (Phi) is 9.05. The molecule has 0 radical (unpaired) electrons. The average molecular weight is 527 g/mol. The molecule has 0 amide bonds.